The summed E-state index contributed by atoms with van der Waals surface area (Å²) in [5.41, 5.74) is 1.02. The van der Waals surface area contributed by atoms with Crippen molar-refractivity contribution in [2.75, 3.05) is 0 Å². The molecule has 18 heavy (non-hydrogen) atoms. The lowest BCUT2D eigenvalue weighted by molar-refractivity contribution is -0.385. The van der Waals surface area contributed by atoms with E-state index in [0.717, 1.165) is 6.20 Å². The smallest absolute Gasteiger partial charge is 0.404 e. The number of nitrogens with one attached hydrogen (secondary N) is 1. The number of carboxylic acid groups (broad SMARTS) is 1. The number of aliphatic hydroxyl groups excluding tert-OH is 1. The summed E-state index contributed by atoms with van der Waals surface area (Å²) in [5.74, 6) is 0. The quantitative estimate of drug-likeness (QED) is 0.506. The molecule has 0 aromatic carbocycles. The molecule has 0 saturated heterocycles. The van der Waals surface area contributed by atoms with Gasteiger partial charge in [-0.15, -0.1) is 0 Å². The van der Waals surface area contributed by atoms with Gasteiger partial charge in [-0.05, 0) is 5.56 Å². The zero-order chi connectivity index (χ0) is 13.3. The van der Waals surface area contributed by atoms with Gasteiger partial charge in [0.05, 0.1) is 17.1 Å². The highest BCUT2D eigenvalue weighted by atomic mass is 16.6. The molecule has 0 fully saturated rings. The highest BCUT2D eigenvalue weighted by molar-refractivity contribution is 5.65. The van der Waals surface area contributed by atoms with Gasteiger partial charge in [-0.2, -0.15) is 0 Å². The lowest BCUT2D eigenvalue weighted by Gasteiger charge is -2.28. The summed E-state index contributed by atoms with van der Waals surface area (Å²) in [5, 5.41) is 31.2. The van der Waals surface area contributed by atoms with Gasteiger partial charge < -0.3 is 15.5 Å². The molecular weight excluding hydrogens is 242 g/mol. The van der Waals surface area contributed by atoms with Crippen molar-refractivity contribution >= 4 is 11.8 Å². The average molecular weight is 253 g/mol. The number of amides is 1. The summed E-state index contributed by atoms with van der Waals surface area (Å²) in [6.45, 7) is 0. The van der Waals surface area contributed by atoms with Gasteiger partial charge in [-0.1, -0.05) is 0 Å². The van der Waals surface area contributed by atoms with Gasteiger partial charge in [-0.3, -0.25) is 15.1 Å². The summed E-state index contributed by atoms with van der Waals surface area (Å²) >= 11 is 0. The topological polar surface area (TPSA) is 126 Å². The van der Waals surface area contributed by atoms with Crippen molar-refractivity contribution in [3.05, 3.63) is 33.6 Å². The van der Waals surface area contributed by atoms with E-state index >= 15 is 0 Å². The number of rotatable bonds is 2. The van der Waals surface area contributed by atoms with E-state index in [-0.39, 0.29) is 18.5 Å². The first kappa shape index (κ1) is 12.2. The van der Waals surface area contributed by atoms with E-state index in [9.17, 15) is 20.0 Å². The molecule has 2 unspecified atom stereocenters. The average Bonchev–Trinajstić information content (AvgIpc) is 2.28. The first-order chi connectivity index (χ1) is 8.47. The fraction of sp³-hybridized carbons (Fsp3) is 0.400. The van der Waals surface area contributed by atoms with E-state index in [4.69, 9.17) is 5.11 Å². The maximum Gasteiger partial charge on any atom is 0.404 e. The summed E-state index contributed by atoms with van der Waals surface area (Å²) in [7, 11) is 0. The number of carbonyl (C=O) groups is 1. The predicted octanol–water partition coefficient (Wildman–Crippen LogP) is 0.0855. The third-order valence-corrected chi connectivity index (χ3v) is 2.87. The SMILES string of the molecule is O=C(O)NC1Cc2ncc([N+](=O)[O-])cc2CC1O. The van der Waals surface area contributed by atoms with Gasteiger partial charge >= 0.3 is 6.09 Å². The van der Waals surface area contributed by atoms with Crippen LogP contribution < -0.4 is 5.32 Å². The molecule has 0 radical (unpaired) electrons. The Morgan fingerprint density at radius 1 is 1.56 bits per heavy atom. The van der Waals surface area contributed by atoms with Crippen LogP contribution in [0.15, 0.2) is 12.3 Å². The van der Waals surface area contributed by atoms with Crippen molar-refractivity contribution < 1.29 is 19.9 Å². The van der Waals surface area contributed by atoms with Crippen LogP contribution in [-0.4, -0.2) is 38.4 Å². The Morgan fingerprint density at radius 2 is 2.28 bits per heavy atom. The molecule has 2 rings (SSSR count). The molecule has 0 bridgehead atoms. The molecule has 1 aliphatic rings. The van der Waals surface area contributed by atoms with Gasteiger partial charge in [0, 0.05) is 24.6 Å². The molecule has 1 aliphatic carbocycles. The lowest BCUT2D eigenvalue weighted by atomic mass is 9.89. The van der Waals surface area contributed by atoms with Crippen molar-refractivity contribution in [3.8, 4) is 0 Å². The molecule has 96 valence electrons. The van der Waals surface area contributed by atoms with E-state index < -0.39 is 23.2 Å². The van der Waals surface area contributed by atoms with Crippen LogP contribution in [-0.2, 0) is 12.8 Å². The highest BCUT2D eigenvalue weighted by Gasteiger charge is 2.30. The molecule has 0 aliphatic heterocycles. The van der Waals surface area contributed by atoms with Crippen LogP contribution in [0.2, 0.25) is 0 Å². The Kier molecular flexibility index (Phi) is 3.11. The zero-order valence-corrected chi connectivity index (χ0v) is 9.24. The van der Waals surface area contributed by atoms with Crippen molar-refractivity contribution in [2.45, 2.75) is 25.0 Å². The maximum absolute atomic E-state index is 10.6. The Bertz CT molecular complexity index is 504. The molecule has 3 N–H and O–H groups in total. The van der Waals surface area contributed by atoms with Gasteiger partial charge in [0.1, 0.15) is 6.20 Å². The molecule has 0 saturated carbocycles. The second-order valence-corrected chi connectivity index (χ2v) is 4.09. The number of hydrogen-bond acceptors (Lipinski definition) is 5. The first-order valence-electron chi connectivity index (χ1n) is 5.27. The number of hydrogen-bond donors (Lipinski definition) is 3. The second-order valence-electron chi connectivity index (χ2n) is 4.09. The molecule has 2 atom stereocenters. The summed E-state index contributed by atoms with van der Waals surface area (Å²) in [6.07, 6.45) is -0.619. The van der Waals surface area contributed by atoms with Gasteiger partial charge in [-0.25, -0.2) is 4.79 Å². The molecule has 1 amide bonds. The van der Waals surface area contributed by atoms with Crippen molar-refractivity contribution in [1.29, 1.82) is 0 Å². The van der Waals surface area contributed by atoms with E-state index in [0.29, 0.717) is 11.3 Å². The number of aliphatic hydroxyl groups is 1. The van der Waals surface area contributed by atoms with Crippen LogP contribution in [0.5, 0.6) is 0 Å². The molecule has 1 heterocycles. The van der Waals surface area contributed by atoms with Crippen LogP contribution in [0.3, 0.4) is 0 Å². The number of aromatic nitrogens is 1. The zero-order valence-electron chi connectivity index (χ0n) is 9.24. The maximum atomic E-state index is 10.6. The van der Waals surface area contributed by atoms with E-state index in [1.165, 1.54) is 6.07 Å². The summed E-state index contributed by atoms with van der Waals surface area (Å²) in [6, 6.07) is 0.728. The van der Waals surface area contributed by atoms with E-state index in [1.54, 1.807) is 0 Å². The summed E-state index contributed by atoms with van der Waals surface area (Å²) < 4.78 is 0. The van der Waals surface area contributed by atoms with Crippen LogP contribution in [0.4, 0.5) is 10.5 Å². The lowest BCUT2D eigenvalue weighted by Crippen LogP contribution is -2.47. The van der Waals surface area contributed by atoms with Gasteiger partial charge in [0.15, 0.2) is 0 Å². The monoisotopic (exact) mass is 253 g/mol. The molecule has 0 spiro atoms. The number of fused-ring (bicyclic) bond motifs is 1. The van der Waals surface area contributed by atoms with Crippen LogP contribution >= 0.6 is 0 Å². The standard InChI is InChI=1S/C10H11N3O5/c14-9-2-5-1-6(13(17)18)4-11-7(5)3-8(9)12-10(15)16/h1,4,8-9,12,14H,2-3H2,(H,15,16). The Labute approximate surface area is 101 Å². The van der Waals surface area contributed by atoms with Crippen molar-refractivity contribution in [2.24, 2.45) is 0 Å². The van der Waals surface area contributed by atoms with E-state index in [2.05, 4.69) is 10.3 Å². The van der Waals surface area contributed by atoms with E-state index in [1.807, 2.05) is 0 Å². The fourth-order valence-electron chi connectivity index (χ4n) is 2.00. The first-order valence-corrected chi connectivity index (χ1v) is 5.27. The third-order valence-electron chi connectivity index (χ3n) is 2.87. The minimum Gasteiger partial charge on any atom is -0.465 e. The van der Waals surface area contributed by atoms with Gasteiger partial charge in [0.25, 0.3) is 5.69 Å². The number of nitro groups is 1. The van der Waals surface area contributed by atoms with Crippen molar-refractivity contribution in [3.63, 3.8) is 0 Å². The van der Waals surface area contributed by atoms with Crippen molar-refractivity contribution in [1.82, 2.24) is 10.3 Å². The molecule has 8 nitrogen and oxygen atoms in total. The predicted molar refractivity (Wildman–Crippen MR) is 59.3 cm³/mol. The minimum atomic E-state index is -1.22. The third kappa shape index (κ3) is 2.38. The normalized spacial score (nSPS) is 22.1. The Balaban J connectivity index is 2.25. The Morgan fingerprint density at radius 3 is 2.89 bits per heavy atom. The molecule has 1 aromatic heterocycles. The second kappa shape index (κ2) is 4.57. The minimum absolute atomic E-state index is 0.134. The number of nitrogens with zero attached hydrogens (tertiary/aromatic N) is 2. The van der Waals surface area contributed by atoms with Crippen LogP contribution in [0.25, 0.3) is 0 Å². The van der Waals surface area contributed by atoms with Crippen LogP contribution in [0.1, 0.15) is 11.3 Å². The highest BCUT2D eigenvalue weighted by Crippen LogP contribution is 2.23. The Hall–Kier alpha value is -2.22. The number of pyridine rings is 1. The van der Waals surface area contributed by atoms with Gasteiger partial charge in [0.2, 0.25) is 0 Å². The summed E-state index contributed by atoms with van der Waals surface area (Å²) in [4.78, 5) is 24.5. The molecule has 8 heteroatoms. The largest absolute Gasteiger partial charge is 0.465 e. The van der Waals surface area contributed by atoms with Crippen LogP contribution in [0, 0.1) is 10.1 Å². The molecule has 1 aromatic rings. The fourth-order valence-corrected chi connectivity index (χ4v) is 2.00. The molecular formula is C10H11N3O5.